The number of aromatic nitrogens is 1. The summed E-state index contributed by atoms with van der Waals surface area (Å²) in [4.78, 5) is 38.8. The number of carbonyl (C=O) groups is 2. The summed E-state index contributed by atoms with van der Waals surface area (Å²) < 4.78 is 60.4. The fourth-order valence-electron chi connectivity index (χ4n) is 2.73. The van der Waals surface area contributed by atoms with Crippen LogP contribution in [0.2, 0.25) is 10.0 Å². The Labute approximate surface area is 223 Å². The summed E-state index contributed by atoms with van der Waals surface area (Å²) >= 11 is 11.7. The fraction of sp³-hybridized carbons (Fsp3) is 0.263. The second-order valence-electron chi connectivity index (χ2n) is 7.25. The molecule has 19 heteroatoms. The number of aryl methyl sites for hydroxylation is 1. The Morgan fingerprint density at radius 3 is 2.05 bits per heavy atom. The number of nitrogens with zero attached hydrogens (tertiary/aromatic N) is 2. The van der Waals surface area contributed by atoms with Crippen molar-refractivity contribution in [3.8, 4) is 0 Å². The Hall–Kier alpha value is -3.70. The van der Waals surface area contributed by atoms with Crippen LogP contribution in [0, 0.1) is 6.92 Å². The molecule has 0 aliphatic heterocycles. The van der Waals surface area contributed by atoms with Crippen LogP contribution in [0.3, 0.4) is 0 Å². The molecule has 8 N–H and O–H groups in total. The van der Waals surface area contributed by atoms with Crippen LogP contribution >= 0.6 is 23.2 Å². The number of amides is 1. The molecule has 38 heavy (non-hydrogen) atoms. The van der Waals surface area contributed by atoms with E-state index in [1.165, 1.54) is 44.2 Å². The van der Waals surface area contributed by atoms with Gasteiger partial charge in [-0.15, -0.1) is 0 Å². The lowest BCUT2D eigenvalue weighted by atomic mass is 10.1. The molecule has 0 radical (unpaired) electrons. The molecule has 0 aliphatic rings. The monoisotopic (exact) mass is 604 g/mol. The summed E-state index contributed by atoms with van der Waals surface area (Å²) in [6, 6.07) is 5.02. The lowest BCUT2D eigenvalue weighted by Crippen LogP contribution is -2.42. The number of nitrogens with one attached hydrogen (secondary N) is 1. The van der Waals surface area contributed by atoms with E-state index in [0.717, 1.165) is 4.57 Å². The summed E-state index contributed by atoms with van der Waals surface area (Å²) in [5.41, 5.74) is 15.0. The minimum Gasteiger partial charge on any atom is -0.475 e. The third kappa shape index (κ3) is 9.00. The number of nitrogens with two attached hydrogens (primary N) is 3. The van der Waals surface area contributed by atoms with Gasteiger partial charge in [0.15, 0.2) is 12.1 Å². The van der Waals surface area contributed by atoms with Crippen LogP contribution in [-0.4, -0.2) is 48.2 Å². The average Bonchev–Trinajstić information content (AvgIpc) is 2.75. The standard InChI is InChI=1S/C17H20Cl2N6O5S.C2HF3O2/c1-8-3-4-13(24-31(28,29)12-6-10(18)5-11(19)7-12)16(27)25(8)14(15(20)26)9(2)30-23-17(21)22;3-2(4,5)1(6)7/h3-7,9,14,24H,1-2H3,(H2,20,26)(H4,21,22,23);(H,6,7). The number of guanidine groups is 1. The number of hydrogen-bond acceptors (Lipinski definition) is 7. The molecule has 13 nitrogen and oxygen atoms in total. The highest BCUT2D eigenvalue weighted by Crippen LogP contribution is 2.24. The van der Waals surface area contributed by atoms with Crippen molar-refractivity contribution in [2.45, 2.75) is 37.1 Å². The smallest absolute Gasteiger partial charge is 0.475 e. The number of sulfonamides is 1. The predicted octanol–water partition coefficient (Wildman–Crippen LogP) is 1.52. The molecule has 2 aromatic rings. The third-order valence-corrected chi connectivity index (χ3v) is 6.07. The maximum Gasteiger partial charge on any atom is 0.490 e. The van der Waals surface area contributed by atoms with E-state index in [1.807, 2.05) is 0 Å². The van der Waals surface area contributed by atoms with Crippen molar-refractivity contribution in [3.63, 3.8) is 0 Å². The molecule has 2 unspecified atom stereocenters. The minimum atomic E-state index is -5.08. The van der Waals surface area contributed by atoms with Crippen molar-refractivity contribution in [2.75, 3.05) is 4.72 Å². The molecule has 0 fully saturated rings. The van der Waals surface area contributed by atoms with E-state index < -0.39 is 51.7 Å². The lowest BCUT2D eigenvalue weighted by molar-refractivity contribution is -0.192. The van der Waals surface area contributed by atoms with Crippen molar-refractivity contribution in [1.82, 2.24) is 4.57 Å². The van der Waals surface area contributed by atoms with Crippen LogP contribution in [0.25, 0.3) is 0 Å². The van der Waals surface area contributed by atoms with Crippen molar-refractivity contribution < 1.29 is 41.1 Å². The van der Waals surface area contributed by atoms with Gasteiger partial charge in [0.25, 0.3) is 15.6 Å². The topological polar surface area (TPSA) is 222 Å². The summed E-state index contributed by atoms with van der Waals surface area (Å²) in [6.45, 7) is 2.94. The van der Waals surface area contributed by atoms with Crippen molar-refractivity contribution >= 4 is 56.7 Å². The summed E-state index contributed by atoms with van der Waals surface area (Å²) in [5.74, 6) is -4.08. The van der Waals surface area contributed by atoms with Gasteiger partial charge in [0.2, 0.25) is 11.9 Å². The number of primary amides is 1. The van der Waals surface area contributed by atoms with Crippen LogP contribution in [0.5, 0.6) is 0 Å². The zero-order valence-corrected chi connectivity index (χ0v) is 21.7. The van der Waals surface area contributed by atoms with Crippen LogP contribution in [-0.2, 0) is 24.4 Å². The number of benzene rings is 1. The molecule has 0 saturated heterocycles. The highest BCUT2D eigenvalue weighted by atomic mass is 35.5. The second-order valence-corrected chi connectivity index (χ2v) is 9.81. The number of oxime groups is 1. The van der Waals surface area contributed by atoms with Crippen LogP contribution in [0.15, 0.2) is 45.2 Å². The number of anilines is 1. The van der Waals surface area contributed by atoms with Crippen molar-refractivity contribution in [3.05, 3.63) is 56.4 Å². The molecule has 2 atom stereocenters. The largest absolute Gasteiger partial charge is 0.490 e. The molecule has 2 rings (SSSR count). The number of halogens is 5. The van der Waals surface area contributed by atoms with Gasteiger partial charge in [0.05, 0.1) is 4.90 Å². The normalized spacial score (nSPS) is 12.8. The van der Waals surface area contributed by atoms with Gasteiger partial charge in [-0.1, -0.05) is 23.2 Å². The first-order valence-corrected chi connectivity index (χ1v) is 12.1. The number of hydrogen-bond donors (Lipinski definition) is 5. The molecule has 0 spiro atoms. The van der Waals surface area contributed by atoms with E-state index >= 15 is 0 Å². The average molecular weight is 605 g/mol. The predicted molar refractivity (Wildman–Crippen MR) is 131 cm³/mol. The number of pyridine rings is 1. The number of carbonyl (C=O) groups excluding carboxylic acids is 1. The van der Waals surface area contributed by atoms with E-state index in [9.17, 15) is 31.2 Å². The first kappa shape index (κ1) is 32.3. The number of alkyl halides is 3. The zero-order chi connectivity index (χ0) is 29.6. The van der Waals surface area contributed by atoms with Crippen molar-refractivity contribution in [1.29, 1.82) is 0 Å². The first-order valence-electron chi connectivity index (χ1n) is 9.83. The van der Waals surface area contributed by atoms with Crippen LogP contribution < -0.4 is 27.5 Å². The van der Waals surface area contributed by atoms with E-state index in [1.54, 1.807) is 0 Å². The van der Waals surface area contributed by atoms with Gasteiger partial charge in [-0.25, -0.2) is 13.2 Å². The molecule has 1 aromatic carbocycles. The maximum atomic E-state index is 13.1. The SMILES string of the molecule is Cc1ccc(NS(=O)(=O)c2cc(Cl)cc(Cl)c2)c(=O)n1C(C(N)=O)C(C)ON=C(N)N.O=C(O)C(F)(F)F. The van der Waals surface area contributed by atoms with Crippen LogP contribution in [0.1, 0.15) is 18.7 Å². The van der Waals surface area contributed by atoms with Crippen molar-refractivity contribution in [2.24, 2.45) is 22.4 Å². The number of aliphatic carboxylic acids is 1. The molecule has 1 amide bonds. The Balaban J connectivity index is 0.000000905. The van der Waals surface area contributed by atoms with Crippen LogP contribution in [0.4, 0.5) is 18.9 Å². The van der Waals surface area contributed by atoms with E-state index in [0.29, 0.717) is 5.69 Å². The zero-order valence-electron chi connectivity index (χ0n) is 19.4. The van der Waals surface area contributed by atoms with Gasteiger partial charge < -0.3 is 27.1 Å². The molecule has 210 valence electrons. The summed E-state index contributed by atoms with van der Waals surface area (Å²) in [5, 5.41) is 10.7. The first-order chi connectivity index (χ1) is 17.3. The Kier molecular flexibility index (Phi) is 10.8. The highest BCUT2D eigenvalue weighted by Gasteiger charge is 2.38. The van der Waals surface area contributed by atoms with Gasteiger partial charge in [0.1, 0.15) is 5.69 Å². The summed E-state index contributed by atoms with van der Waals surface area (Å²) in [6.07, 6.45) is -6.14. The maximum absolute atomic E-state index is 13.1. The molecular weight excluding hydrogens is 584 g/mol. The van der Waals surface area contributed by atoms with E-state index in [2.05, 4.69) is 9.88 Å². The number of carboxylic acid groups (broad SMARTS) is 1. The van der Waals surface area contributed by atoms with Gasteiger partial charge in [-0.3, -0.25) is 18.9 Å². The Bertz CT molecular complexity index is 1380. The Morgan fingerprint density at radius 2 is 1.63 bits per heavy atom. The number of rotatable bonds is 8. The van der Waals surface area contributed by atoms with Gasteiger partial charge in [-0.05, 0) is 49.3 Å². The van der Waals surface area contributed by atoms with Gasteiger partial charge >= 0.3 is 12.1 Å². The lowest BCUT2D eigenvalue weighted by Gasteiger charge is -2.24. The minimum absolute atomic E-state index is 0.0914. The highest BCUT2D eigenvalue weighted by molar-refractivity contribution is 7.92. The Morgan fingerprint density at radius 1 is 1.13 bits per heavy atom. The van der Waals surface area contributed by atoms with E-state index in [4.69, 9.17) is 55.1 Å². The van der Waals surface area contributed by atoms with E-state index in [-0.39, 0.29) is 20.6 Å². The number of carboxylic acids is 1. The second kappa shape index (κ2) is 12.7. The van der Waals surface area contributed by atoms with Gasteiger partial charge in [-0.2, -0.15) is 13.2 Å². The summed E-state index contributed by atoms with van der Waals surface area (Å²) in [7, 11) is -4.23. The third-order valence-electron chi connectivity index (χ3n) is 4.29. The van der Waals surface area contributed by atoms with Gasteiger partial charge in [0, 0.05) is 15.7 Å². The molecule has 1 heterocycles. The molecular formula is C19H21Cl2F3N6O7S. The molecule has 1 aromatic heterocycles. The molecule has 0 bridgehead atoms. The molecule has 0 aliphatic carbocycles. The quantitative estimate of drug-likeness (QED) is 0.167. The molecule has 0 saturated carbocycles. The fourth-order valence-corrected chi connectivity index (χ4v) is 4.51.